The van der Waals surface area contributed by atoms with Gasteiger partial charge in [-0.3, -0.25) is 0 Å². The maximum atomic E-state index is 4.77. The number of hydrogen-bond donors (Lipinski definition) is 1. The minimum atomic E-state index is 0.537. The molecule has 2 aromatic rings. The lowest BCUT2D eigenvalue weighted by atomic mass is 10.1. The summed E-state index contributed by atoms with van der Waals surface area (Å²) in [4.78, 5) is 9.26. The van der Waals surface area contributed by atoms with Gasteiger partial charge in [0, 0.05) is 24.2 Å². The fourth-order valence-corrected chi connectivity index (χ4v) is 2.60. The molecule has 0 fully saturated rings. The zero-order valence-corrected chi connectivity index (χ0v) is 10.6. The van der Waals surface area contributed by atoms with Gasteiger partial charge < -0.3 is 5.32 Å². The number of aromatic nitrogens is 2. The molecule has 0 saturated carbocycles. The van der Waals surface area contributed by atoms with Crippen molar-refractivity contribution in [3.05, 3.63) is 47.8 Å². The van der Waals surface area contributed by atoms with Gasteiger partial charge in [-0.05, 0) is 25.5 Å². The van der Waals surface area contributed by atoms with Gasteiger partial charge in [-0.2, -0.15) is 0 Å². The standard InChI is InChI=1S/C15H17N3/c1-16-9-12-7-8-13-10-17-15(18-14(12)13)11-5-3-2-4-6-11/h2-6,10,12,16H,7-9H2,1H3. The molecular weight excluding hydrogens is 222 g/mol. The van der Waals surface area contributed by atoms with Gasteiger partial charge in [-0.15, -0.1) is 0 Å². The van der Waals surface area contributed by atoms with Crippen LogP contribution in [0.5, 0.6) is 0 Å². The number of nitrogens with one attached hydrogen (secondary N) is 1. The van der Waals surface area contributed by atoms with Gasteiger partial charge in [0.1, 0.15) is 0 Å². The summed E-state index contributed by atoms with van der Waals surface area (Å²) in [5.74, 6) is 1.38. The van der Waals surface area contributed by atoms with E-state index in [-0.39, 0.29) is 0 Å². The lowest BCUT2D eigenvalue weighted by Gasteiger charge is -2.10. The second-order valence-corrected chi connectivity index (χ2v) is 4.76. The molecule has 92 valence electrons. The Balaban J connectivity index is 1.98. The predicted octanol–water partition coefficient (Wildman–Crippen LogP) is 2.39. The molecule has 1 aromatic carbocycles. The van der Waals surface area contributed by atoms with E-state index in [2.05, 4.69) is 22.4 Å². The lowest BCUT2D eigenvalue weighted by Crippen LogP contribution is -2.16. The number of likely N-dealkylation sites (N-methyl/N-ethyl adjacent to an activating group) is 1. The van der Waals surface area contributed by atoms with Gasteiger partial charge >= 0.3 is 0 Å². The average molecular weight is 239 g/mol. The van der Waals surface area contributed by atoms with Crippen molar-refractivity contribution in [3.8, 4) is 11.4 Å². The highest BCUT2D eigenvalue weighted by molar-refractivity contribution is 5.55. The molecule has 0 radical (unpaired) electrons. The van der Waals surface area contributed by atoms with Gasteiger partial charge in [0.2, 0.25) is 0 Å². The molecule has 3 nitrogen and oxygen atoms in total. The minimum Gasteiger partial charge on any atom is -0.319 e. The normalized spacial score (nSPS) is 17.7. The van der Waals surface area contributed by atoms with E-state index in [9.17, 15) is 0 Å². The molecular formula is C15H17N3. The van der Waals surface area contributed by atoms with Crippen molar-refractivity contribution in [1.29, 1.82) is 0 Å². The maximum Gasteiger partial charge on any atom is 0.159 e. The number of fused-ring (bicyclic) bond motifs is 1. The first-order valence-corrected chi connectivity index (χ1v) is 6.44. The van der Waals surface area contributed by atoms with Crippen molar-refractivity contribution < 1.29 is 0 Å². The van der Waals surface area contributed by atoms with E-state index in [1.54, 1.807) is 0 Å². The second-order valence-electron chi connectivity index (χ2n) is 4.76. The molecule has 0 bridgehead atoms. The molecule has 1 aromatic heterocycles. The first-order chi connectivity index (χ1) is 8.88. The second kappa shape index (κ2) is 4.86. The molecule has 1 aliphatic rings. The molecule has 0 saturated heterocycles. The highest BCUT2D eigenvalue weighted by Crippen LogP contribution is 2.31. The largest absolute Gasteiger partial charge is 0.319 e. The van der Waals surface area contributed by atoms with Gasteiger partial charge in [-0.1, -0.05) is 30.3 Å². The van der Waals surface area contributed by atoms with Crippen LogP contribution in [0.2, 0.25) is 0 Å². The number of benzene rings is 1. The zero-order chi connectivity index (χ0) is 12.4. The Bertz CT molecular complexity index is 535. The summed E-state index contributed by atoms with van der Waals surface area (Å²) >= 11 is 0. The highest BCUT2D eigenvalue weighted by atomic mass is 14.9. The van der Waals surface area contributed by atoms with Gasteiger partial charge in [0.15, 0.2) is 5.82 Å². The Morgan fingerprint density at radius 3 is 2.89 bits per heavy atom. The van der Waals surface area contributed by atoms with Crippen molar-refractivity contribution >= 4 is 0 Å². The van der Waals surface area contributed by atoms with Crippen LogP contribution in [0, 0.1) is 0 Å². The summed E-state index contributed by atoms with van der Waals surface area (Å²) in [7, 11) is 2.00. The minimum absolute atomic E-state index is 0.537. The third-order valence-corrected chi connectivity index (χ3v) is 3.53. The Morgan fingerprint density at radius 1 is 1.28 bits per heavy atom. The Hall–Kier alpha value is -1.74. The molecule has 1 atom stereocenters. The van der Waals surface area contributed by atoms with E-state index < -0.39 is 0 Å². The van der Waals surface area contributed by atoms with Crippen LogP contribution in [-0.4, -0.2) is 23.6 Å². The Kier molecular flexibility index (Phi) is 3.07. The predicted molar refractivity (Wildman–Crippen MR) is 72.5 cm³/mol. The number of hydrogen-bond acceptors (Lipinski definition) is 3. The van der Waals surface area contributed by atoms with Crippen LogP contribution < -0.4 is 5.32 Å². The molecule has 1 unspecified atom stereocenters. The molecule has 3 heteroatoms. The molecule has 3 rings (SSSR count). The topological polar surface area (TPSA) is 37.8 Å². The molecule has 1 N–H and O–H groups in total. The van der Waals surface area contributed by atoms with Crippen LogP contribution >= 0.6 is 0 Å². The van der Waals surface area contributed by atoms with Crippen LogP contribution in [0.25, 0.3) is 11.4 Å². The van der Waals surface area contributed by atoms with Gasteiger partial charge in [-0.25, -0.2) is 9.97 Å². The smallest absolute Gasteiger partial charge is 0.159 e. The monoisotopic (exact) mass is 239 g/mol. The molecule has 1 aliphatic carbocycles. The summed E-state index contributed by atoms with van der Waals surface area (Å²) < 4.78 is 0. The van der Waals surface area contributed by atoms with Crippen molar-refractivity contribution in [3.63, 3.8) is 0 Å². The number of nitrogens with zero attached hydrogens (tertiary/aromatic N) is 2. The fourth-order valence-electron chi connectivity index (χ4n) is 2.60. The van der Waals surface area contributed by atoms with Crippen molar-refractivity contribution in [1.82, 2.24) is 15.3 Å². The summed E-state index contributed by atoms with van der Waals surface area (Å²) in [6.45, 7) is 0.998. The molecule has 0 spiro atoms. The van der Waals surface area contributed by atoms with Crippen LogP contribution in [0.15, 0.2) is 36.5 Å². The van der Waals surface area contributed by atoms with Crippen LogP contribution in [0.4, 0.5) is 0 Å². The SMILES string of the molecule is CNCC1CCc2cnc(-c3ccccc3)nc21. The lowest BCUT2D eigenvalue weighted by molar-refractivity contribution is 0.613. The first kappa shape index (κ1) is 11.4. The first-order valence-electron chi connectivity index (χ1n) is 6.44. The average Bonchev–Trinajstić information content (AvgIpc) is 2.83. The summed E-state index contributed by atoms with van der Waals surface area (Å²) in [5, 5.41) is 3.25. The Labute approximate surface area is 107 Å². The van der Waals surface area contributed by atoms with Crippen molar-refractivity contribution in [2.24, 2.45) is 0 Å². The van der Waals surface area contributed by atoms with E-state index in [1.165, 1.54) is 17.7 Å². The summed E-state index contributed by atoms with van der Waals surface area (Å²) in [6, 6.07) is 10.2. The van der Waals surface area contributed by atoms with Crippen LogP contribution in [-0.2, 0) is 6.42 Å². The molecule has 1 heterocycles. The van der Waals surface area contributed by atoms with E-state index in [0.29, 0.717) is 5.92 Å². The highest BCUT2D eigenvalue weighted by Gasteiger charge is 2.24. The van der Waals surface area contributed by atoms with Crippen molar-refractivity contribution in [2.75, 3.05) is 13.6 Å². The van der Waals surface area contributed by atoms with E-state index >= 15 is 0 Å². The van der Waals surface area contributed by atoms with E-state index in [4.69, 9.17) is 4.98 Å². The van der Waals surface area contributed by atoms with Crippen LogP contribution in [0.1, 0.15) is 23.6 Å². The fraction of sp³-hybridized carbons (Fsp3) is 0.333. The zero-order valence-electron chi connectivity index (χ0n) is 10.6. The third kappa shape index (κ3) is 2.02. The summed E-state index contributed by atoms with van der Waals surface area (Å²) in [6.07, 6.45) is 4.29. The van der Waals surface area contributed by atoms with Crippen LogP contribution in [0.3, 0.4) is 0 Å². The van der Waals surface area contributed by atoms with Crippen molar-refractivity contribution in [2.45, 2.75) is 18.8 Å². The van der Waals surface area contributed by atoms with E-state index in [0.717, 1.165) is 24.4 Å². The number of aryl methyl sites for hydroxylation is 1. The van der Waals surface area contributed by atoms with Gasteiger partial charge in [0.05, 0.1) is 5.69 Å². The quantitative estimate of drug-likeness (QED) is 0.893. The summed E-state index contributed by atoms with van der Waals surface area (Å²) in [5.41, 5.74) is 3.64. The third-order valence-electron chi connectivity index (χ3n) is 3.53. The number of rotatable bonds is 3. The molecule has 0 amide bonds. The van der Waals surface area contributed by atoms with Gasteiger partial charge in [0.25, 0.3) is 0 Å². The maximum absolute atomic E-state index is 4.77. The Morgan fingerprint density at radius 2 is 2.11 bits per heavy atom. The van der Waals surface area contributed by atoms with E-state index in [1.807, 2.05) is 31.4 Å². The molecule has 18 heavy (non-hydrogen) atoms. The molecule has 0 aliphatic heterocycles.